The molecule has 1 amide bonds. The fourth-order valence-electron chi connectivity index (χ4n) is 1.93. The molecule has 0 saturated heterocycles. The molecule has 112 valence electrons. The Bertz CT molecular complexity index is 625. The van der Waals surface area contributed by atoms with Crippen molar-refractivity contribution in [1.82, 2.24) is 15.5 Å². The second-order valence-corrected chi connectivity index (χ2v) is 4.52. The van der Waals surface area contributed by atoms with E-state index in [0.29, 0.717) is 17.1 Å². The molecular weight excluding hydrogens is 272 g/mol. The number of nitrogens with one attached hydrogen (secondary N) is 2. The number of nitrogens with two attached hydrogens (primary N) is 1. The van der Waals surface area contributed by atoms with Crippen molar-refractivity contribution in [1.29, 1.82) is 0 Å². The van der Waals surface area contributed by atoms with Gasteiger partial charge in [-0.1, -0.05) is 0 Å². The van der Waals surface area contributed by atoms with Gasteiger partial charge < -0.3 is 20.5 Å². The van der Waals surface area contributed by atoms with E-state index in [0.717, 1.165) is 5.56 Å². The fraction of sp³-hybridized carbons (Fsp3) is 0.286. The number of H-pyrrole nitrogens is 1. The topological polar surface area (TPSA) is 102 Å². The van der Waals surface area contributed by atoms with E-state index in [4.69, 9.17) is 15.2 Å². The standard InChI is InChI=1S/C14H18N4O3/c1-8(9-6-16-17-7-9)18-14(19)11-4-10(20-2)5-12(21-3)13(11)15/h4-8H,15H2,1-3H3,(H,16,17)(H,18,19). The van der Waals surface area contributed by atoms with E-state index >= 15 is 0 Å². The lowest BCUT2D eigenvalue weighted by Crippen LogP contribution is -2.27. The Hall–Kier alpha value is -2.70. The molecule has 0 spiro atoms. The van der Waals surface area contributed by atoms with Crippen molar-refractivity contribution in [2.75, 3.05) is 20.0 Å². The number of aromatic amines is 1. The smallest absolute Gasteiger partial charge is 0.254 e. The minimum atomic E-state index is -0.307. The maximum Gasteiger partial charge on any atom is 0.254 e. The highest BCUT2D eigenvalue weighted by Gasteiger charge is 2.18. The first-order valence-corrected chi connectivity index (χ1v) is 6.37. The van der Waals surface area contributed by atoms with Gasteiger partial charge in [0.05, 0.1) is 37.7 Å². The van der Waals surface area contributed by atoms with Crippen molar-refractivity contribution in [2.45, 2.75) is 13.0 Å². The molecule has 7 nitrogen and oxygen atoms in total. The molecule has 0 aliphatic heterocycles. The number of anilines is 1. The summed E-state index contributed by atoms with van der Waals surface area (Å²) in [5, 5.41) is 9.41. The maximum atomic E-state index is 12.4. The zero-order chi connectivity index (χ0) is 15.4. The van der Waals surface area contributed by atoms with Gasteiger partial charge in [0.15, 0.2) is 0 Å². The summed E-state index contributed by atoms with van der Waals surface area (Å²) < 4.78 is 10.3. The highest BCUT2D eigenvalue weighted by Crippen LogP contribution is 2.31. The zero-order valence-corrected chi connectivity index (χ0v) is 12.1. The minimum absolute atomic E-state index is 0.201. The van der Waals surface area contributed by atoms with Crippen molar-refractivity contribution in [3.63, 3.8) is 0 Å². The molecule has 2 aromatic rings. The molecule has 2 rings (SSSR count). The van der Waals surface area contributed by atoms with Crippen LogP contribution in [-0.2, 0) is 0 Å². The summed E-state index contributed by atoms with van der Waals surface area (Å²) in [6.07, 6.45) is 3.38. The van der Waals surface area contributed by atoms with Gasteiger partial charge in [-0.2, -0.15) is 5.10 Å². The van der Waals surface area contributed by atoms with Crippen LogP contribution in [0.4, 0.5) is 5.69 Å². The third kappa shape index (κ3) is 3.07. The van der Waals surface area contributed by atoms with Crippen molar-refractivity contribution in [2.24, 2.45) is 0 Å². The lowest BCUT2D eigenvalue weighted by molar-refractivity contribution is 0.0940. The molecule has 7 heteroatoms. The molecule has 0 aliphatic rings. The Labute approximate surface area is 122 Å². The van der Waals surface area contributed by atoms with Crippen LogP contribution in [0, 0.1) is 0 Å². The first-order chi connectivity index (χ1) is 10.1. The van der Waals surface area contributed by atoms with Crippen molar-refractivity contribution >= 4 is 11.6 Å². The molecule has 21 heavy (non-hydrogen) atoms. The average molecular weight is 290 g/mol. The molecule has 0 saturated carbocycles. The summed E-state index contributed by atoms with van der Waals surface area (Å²) in [7, 11) is 3.00. The summed E-state index contributed by atoms with van der Waals surface area (Å²) in [5.41, 5.74) is 7.41. The van der Waals surface area contributed by atoms with E-state index in [1.54, 1.807) is 24.5 Å². The van der Waals surface area contributed by atoms with Gasteiger partial charge in [-0.05, 0) is 13.0 Å². The van der Waals surface area contributed by atoms with Crippen molar-refractivity contribution < 1.29 is 14.3 Å². The van der Waals surface area contributed by atoms with Crippen molar-refractivity contribution in [3.8, 4) is 11.5 Å². The Morgan fingerprint density at radius 3 is 2.71 bits per heavy atom. The van der Waals surface area contributed by atoms with Crippen LogP contribution in [0.5, 0.6) is 11.5 Å². The number of amides is 1. The number of benzene rings is 1. The number of carbonyl (C=O) groups is 1. The van der Waals surface area contributed by atoms with Gasteiger partial charge in [0, 0.05) is 17.8 Å². The van der Waals surface area contributed by atoms with E-state index < -0.39 is 0 Å². The van der Waals surface area contributed by atoms with Gasteiger partial charge in [0.25, 0.3) is 5.91 Å². The van der Waals surface area contributed by atoms with Crippen molar-refractivity contribution in [3.05, 3.63) is 35.7 Å². The Morgan fingerprint density at radius 1 is 1.38 bits per heavy atom. The molecule has 0 radical (unpaired) electrons. The number of carbonyl (C=O) groups excluding carboxylic acids is 1. The van der Waals surface area contributed by atoms with Gasteiger partial charge in [-0.15, -0.1) is 0 Å². The second kappa shape index (κ2) is 6.17. The van der Waals surface area contributed by atoms with Crippen LogP contribution in [0.3, 0.4) is 0 Å². The van der Waals surface area contributed by atoms with Crippen LogP contribution in [0.15, 0.2) is 24.5 Å². The first kappa shape index (κ1) is 14.7. The Balaban J connectivity index is 2.26. The molecule has 0 fully saturated rings. The normalized spacial score (nSPS) is 11.8. The fourth-order valence-corrected chi connectivity index (χ4v) is 1.93. The molecular formula is C14H18N4O3. The van der Waals surface area contributed by atoms with E-state index in [2.05, 4.69) is 15.5 Å². The number of hydrogen-bond acceptors (Lipinski definition) is 5. The number of methoxy groups -OCH3 is 2. The number of rotatable bonds is 5. The number of nitrogen functional groups attached to an aromatic ring is 1. The largest absolute Gasteiger partial charge is 0.497 e. The first-order valence-electron chi connectivity index (χ1n) is 6.37. The number of aromatic nitrogens is 2. The summed E-state index contributed by atoms with van der Waals surface area (Å²) in [5.74, 6) is 0.594. The van der Waals surface area contributed by atoms with Gasteiger partial charge in [-0.3, -0.25) is 9.89 Å². The van der Waals surface area contributed by atoms with Crippen LogP contribution >= 0.6 is 0 Å². The van der Waals surface area contributed by atoms with E-state index in [9.17, 15) is 4.79 Å². The quantitative estimate of drug-likeness (QED) is 0.724. The third-order valence-electron chi connectivity index (χ3n) is 3.18. The maximum absolute atomic E-state index is 12.4. The van der Waals surface area contributed by atoms with Crippen LogP contribution in [0.2, 0.25) is 0 Å². The highest BCUT2D eigenvalue weighted by atomic mass is 16.5. The molecule has 4 N–H and O–H groups in total. The number of ether oxygens (including phenoxy) is 2. The molecule has 1 heterocycles. The average Bonchev–Trinajstić information content (AvgIpc) is 3.01. The predicted molar refractivity (Wildman–Crippen MR) is 78.4 cm³/mol. The number of hydrogen-bond donors (Lipinski definition) is 3. The SMILES string of the molecule is COc1cc(OC)c(N)c(C(=O)NC(C)c2cn[nH]c2)c1. The van der Waals surface area contributed by atoms with E-state index in [1.165, 1.54) is 14.2 Å². The molecule has 0 aliphatic carbocycles. The summed E-state index contributed by atoms with van der Waals surface area (Å²) in [6, 6.07) is 3.01. The zero-order valence-electron chi connectivity index (χ0n) is 12.1. The third-order valence-corrected chi connectivity index (χ3v) is 3.18. The van der Waals surface area contributed by atoms with Gasteiger partial charge in [-0.25, -0.2) is 0 Å². The summed E-state index contributed by atoms with van der Waals surface area (Å²) >= 11 is 0. The number of nitrogens with zero attached hydrogens (tertiary/aromatic N) is 1. The monoisotopic (exact) mass is 290 g/mol. The summed E-state index contributed by atoms with van der Waals surface area (Å²) in [4.78, 5) is 12.4. The molecule has 0 bridgehead atoms. The Kier molecular flexibility index (Phi) is 4.32. The van der Waals surface area contributed by atoms with Gasteiger partial charge in [0.2, 0.25) is 0 Å². The van der Waals surface area contributed by atoms with Crippen LogP contribution in [0.25, 0.3) is 0 Å². The summed E-state index contributed by atoms with van der Waals surface area (Å²) in [6.45, 7) is 1.86. The molecule has 1 unspecified atom stereocenters. The lowest BCUT2D eigenvalue weighted by atomic mass is 10.1. The van der Waals surface area contributed by atoms with Crippen LogP contribution in [-0.4, -0.2) is 30.3 Å². The second-order valence-electron chi connectivity index (χ2n) is 4.52. The van der Waals surface area contributed by atoms with Gasteiger partial charge in [0.1, 0.15) is 11.5 Å². The van der Waals surface area contributed by atoms with Crippen LogP contribution in [0.1, 0.15) is 28.9 Å². The van der Waals surface area contributed by atoms with Crippen LogP contribution < -0.4 is 20.5 Å². The lowest BCUT2D eigenvalue weighted by Gasteiger charge is -2.15. The molecule has 1 aromatic heterocycles. The van der Waals surface area contributed by atoms with E-state index in [-0.39, 0.29) is 17.6 Å². The molecule has 1 atom stereocenters. The predicted octanol–water partition coefficient (Wildman–Crippen LogP) is 1.50. The highest BCUT2D eigenvalue weighted by molar-refractivity contribution is 6.01. The van der Waals surface area contributed by atoms with E-state index in [1.807, 2.05) is 6.92 Å². The Morgan fingerprint density at radius 2 is 2.14 bits per heavy atom. The van der Waals surface area contributed by atoms with Gasteiger partial charge >= 0.3 is 0 Å². The molecule has 1 aromatic carbocycles. The minimum Gasteiger partial charge on any atom is -0.497 e.